The van der Waals surface area contributed by atoms with Crippen molar-refractivity contribution in [2.75, 3.05) is 12.4 Å². The molecule has 3 nitrogen and oxygen atoms in total. The third-order valence-electron chi connectivity index (χ3n) is 4.06. The Hall–Kier alpha value is -2.43. The quantitative estimate of drug-likeness (QED) is 0.503. The van der Waals surface area contributed by atoms with Crippen LogP contribution in [0.2, 0.25) is 5.02 Å². The Bertz CT molecular complexity index is 924. The van der Waals surface area contributed by atoms with Crippen molar-refractivity contribution in [3.8, 4) is 5.75 Å². The molecular formula is C22H20ClNO2S. The van der Waals surface area contributed by atoms with Gasteiger partial charge in [-0.15, -0.1) is 11.8 Å². The number of amides is 1. The largest absolute Gasteiger partial charge is 0.496 e. The van der Waals surface area contributed by atoms with Gasteiger partial charge in [-0.3, -0.25) is 4.79 Å². The van der Waals surface area contributed by atoms with Crippen LogP contribution in [0.1, 0.15) is 21.5 Å². The molecule has 0 bridgehead atoms. The summed E-state index contributed by atoms with van der Waals surface area (Å²) in [7, 11) is 1.64. The lowest BCUT2D eigenvalue weighted by atomic mass is 10.1. The van der Waals surface area contributed by atoms with E-state index in [9.17, 15) is 4.79 Å². The minimum absolute atomic E-state index is 0.165. The zero-order valence-electron chi connectivity index (χ0n) is 15.2. The van der Waals surface area contributed by atoms with Crippen molar-refractivity contribution >= 4 is 35.0 Å². The second-order valence-corrected chi connectivity index (χ2v) is 7.57. The van der Waals surface area contributed by atoms with E-state index < -0.39 is 0 Å². The molecule has 0 heterocycles. The summed E-state index contributed by atoms with van der Waals surface area (Å²) in [6, 6.07) is 20.9. The van der Waals surface area contributed by atoms with Crippen LogP contribution in [0.15, 0.2) is 71.6 Å². The van der Waals surface area contributed by atoms with E-state index in [0.29, 0.717) is 22.0 Å². The van der Waals surface area contributed by atoms with E-state index in [1.165, 1.54) is 10.5 Å². The van der Waals surface area contributed by atoms with Gasteiger partial charge >= 0.3 is 0 Å². The van der Waals surface area contributed by atoms with Crippen molar-refractivity contribution in [3.63, 3.8) is 0 Å². The first kappa shape index (κ1) is 19.3. The van der Waals surface area contributed by atoms with Crippen molar-refractivity contribution < 1.29 is 9.53 Å². The number of nitrogens with one attached hydrogen (secondary N) is 1. The Labute approximate surface area is 168 Å². The molecule has 1 N–H and O–H groups in total. The van der Waals surface area contributed by atoms with Crippen LogP contribution in [-0.4, -0.2) is 13.0 Å². The average molecular weight is 398 g/mol. The number of carbonyl (C=O) groups excluding carboxylic acids is 1. The summed E-state index contributed by atoms with van der Waals surface area (Å²) in [6.45, 7) is 2.07. The van der Waals surface area contributed by atoms with Crippen LogP contribution in [0.3, 0.4) is 0 Å². The molecule has 138 valence electrons. The van der Waals surface area contributed by atoms with Crippen LogP contribution >= 0.6 is 23.4 Å². The fraction of sp³-hybridized carbons (Fsp3) is 0.136. The van der Waals surface area contributed by atoms with Crippen LogP contribution in [-0.2, 0) is 5.75 Å². The number of aryl methyl sites for hydroxylation is 1. The van der Waals surface area contributed by atoms with Gasteiger partial charge in [0.15, 0.2) is 0 Å². The van der Waals surface area contributed by atoms with Crippen molar-refractivity contribution in [2.24, 2.45) is 0 Å². The van der Waals surface area contributed by atoms with Crippen LogP contribution in [0.5, 0.6) is 5.75 Å². The predicted octanol–water partition coefficient (Wildman–Crippen LogP) is 6.20. The molecule has 3 aromatic carbocycles. The lowest BCUT2D eigenvalue weighted by Crippen LogP contribution is -2.12. The first-order valence-corrected chi connectivity index (χ1v) is 9.85. The molecule has 0 saturated carbocycles. The number of anilines is 1. The summed E-state index contributed by atoms with van der Waals surface area (Å²) in [6.07, 6.45) is 0. The Morgan fingerprint density at radius 3 is 2.41 bits per heavy atom. The fourth-order valence-corrected chi connectivity index (χ4v) is 3.57. The first-order chi connectivity index (χ1) is 13.0. The average Bonchev–Trinajstić information content (AvgIpc) is 2.69. The smallest absolute Gasteiger partial charge is 0.255 e. The van der Waals surface area contributed by atoms with Crippen LogP contribution in [0.4, 0.5) is 5.69 Å². The van der Waals surface area contributed by atoms with Gasteiger partial charge < -0.3 is 10.1 Å². The van der Waals surface area contributed by atoms with Gasteiger partial charge in [-0.1, -0.05) is 29.3 Å². The van der Waals surface area contributed by atoms with Crippen molar-refractivity contribution in [3.05, 3.63) is 88.4 Å². The molecule has 0 atom stereocenters. The number of ether oxygens (including phenoxy) is 1. The first-order valence-electron chi connectivity index (χ1n) is 8.48. The third kappa shape index (κ3) is 5.28. The lowest BCUT2D eigenvalue weighted by molar-refractivity contribution is 0.102. The van der Waals surface area contributed by atoms with Crippen LogP contribution < -0.4 is 10.1 Å². The molecule has 0 spiro atoms. The summed E-state index contributed by atoms with van der Waals surface area (Å²) < 4.78 is 5.46. The normalized spacial score (nSPS) is 10.5. The Balaban J connectivity index is 1.74. The molecule has 3 rings (SSSR count). The predicted molar refractivity (Wildman–Crippen MR) is 113 cm³/mol. The monoisotopic (exact) mass is 397 g/mol. The molecule has 0 unspecified atom stereocenters. The van der Waals surface area contributed by atoms with Gasteiger partial charge in [0.1, 0.15) is 5.75 Å². The summed E-state index contributed by atoms with van der Waals surface area (Å²) in [5.74, 6) is 1.33. The highest BCUT2D eigenvalue weighted by molar-refractivity contribution is 7.98. The number of halogens is 1. The molecule has 0 aromatic heterocycles. The Kier molecular flexibility index (Phi) is 6.43. The molecule has 0 aliphatic carbocycles. The minimum atomic E-state index is -0.165. The fourth-order valence-electron chi connectivity index (χ4n) is 2.56. The van der Waals surface area contributed by atoms with E-state index >= 15 is 0 Å². The third-order valence-corrected chi connectivity index (χ3v) is 5.37. The van der Waals surface area contributed by atoms with Gasteiger partial charge in [0.2, 0.25) is 0 Å². The minimum Gasteiger partial charge on any atom is -0.496 e. The molecular weight excluding hydrogens is 378 g/mol. The number of carbonyl (C=O) groups is 1. The second-order valence-electron chi connectivity index (χ2n) is 6.09. The van der Waals surface area contributed by atoms with E-state index in [-0.39, 0.29) is 5.91 Å². The number of hydrogen-bond donors (Lipinski definition) is 1. The molecule has 3 aromatic rings. The van der Waals surface area contributed by atoms with Gasteiger partial charge in [-0.2, -0.15) is 0 Å². The Morgan fingerprint density at radius 1 is 1.04 bits per heavy atom. The molecule has 0 radical (unpaired) electrons. The zero-order chi connectivity index (χ0) is 19.2. The molecule has 0 saturated heterocycles. The number of hydrogen-bond acceptors (Lipinski definition) is 3. The van der Waals surface area contributed by atoms with Crippen molar-refractivity contribution in [1.29, 1.82) is 0 Å². The highest BCUT2D eigenvalue weighted by atomic mass is 35.5. The SMILES string of the molecule is COc1ccc(C(=O)Nc2ccc(Cl)cc2)cc1CSc1ccc(C)cc1. The van der Waals surface area contributed by atoms with Gasteiger partial charge in [0.25, 0.3) is 5.91 Å². The van der Waals surface area contributed by atoms with Crippen LogP contribution in [0.25, 0.3) is 0 Å². The van der Waals surface area contributed by atoms with Crippen LogP contribution in [0, 0.1) is 6.92 Å². The molecule has 0 fully saturated rings. The maximum absolute atomic E-state index is 12.6. The summed E-state index contributed by atoms with van der Waals surface area (Å²) in [5.41, 5.74) is 3.51. The van der Waals surface area contributed by atoms with E-state index in [1.807, 2.05) is 12.1 Å². The standard InChI is InChI=1S/C22H20ClNO2S/c1-15-3-10-20(11-4-15)27-14-17-13-16(5-12-21(17)26-2)22(25)24-19-8-6-18(23)7-9-19/h3-13H,14H2,1-2H3,(H,24,25). The highest BCUT2D eigenvalue weighted by Crippen LogP contribution is 2.29. The maximum atomic E-state index is 12.6. The van der Waals surface area contributed by atoms with Gasteiger partial charge in [0.05, 0.1) is 7.11 Å². The summed E-state index contributed by atoms with van der Waals surface area (Å²) in [4.78, 5) is 13.8. The molecule has 0 aliphatic heterocycles. The highest BCUT2D eigenvalue weighted by Gasteiger charge is 2.11. The van der Waals surface area contributed by atoms with Gasteiger partial charge in [0, 0.05) is 32.5 Å². The summed E-state index contributed by atoms with van der Waals surface area (Å²) in [5, 5.41) is 3.52. The lowest BCUT2D eigenvalue weighted by Gasteiger charge is -2.11. The second kappa shape index (κ2) is 8.98. The topological polar surface area (TPSA) is 38.3 Å². The van der Waals surface area contributed by atoms with Crippen molar-refractivity contribution in [1.82, 2.24) is 0 Å². The number of methoxy groups -OCH3 is 1. The van der Waals surface area contributed by atoms with E-state index in [2.05, 4.69) is 36.5 Å². The Morgan fingerprint density at radius 2 is 1.74 bits per heavy atom. The van der Waals surface area contributed by atoms with Crippen molar-refractivity contribution in [2.45, 2.75) is 17.6 Å². The van der Waals surface area contributed by atoms with E-state index in [4.69, 9.17) is 16.3 Å². The molecule has 0 aliphatic rings. The van der Waals surface area contributed by atoms with E-state index in [1.54, 1.807) is 49.2 Å². The van der Waals surface area contributed by atoms with Gasteiger partial charge in [-0.05, 0) is 61.5 Å². The summed E-state index contributed by atoms with van der Waals surface area (Å²) >= 11 is 7.60. The zero-order valence-corrected chi connectivity index (χ0v) is 16.7. The number of thioether (sulfide) groups is 1. The van der Waals surface area contributed by atoms with E-state index in [0.717, 1.165) is 11.3 Å². The molecule has 1 amide bonds. The molecule has 27 heavy (non-hydrogen) atoms. The maximum Gasteiger partial charge on any atom is 0.255 e. The number of rotatable bonds is 6. The van der Waals surface area contributed by atoms with Gasteiger partial charge in [-0.25, -0.2) is 0 Å². The number of benzene rings is 3. The molecule has 5 heteroatoms.